The Morgan fingerprint density at radius 3 is 2.73 bits per heavy atom. The molecule has 2 N–H and O–H groups in total. The van der Waals surface area contributed by atoms with Crippen LogP contribution in [0, 0.1) is 19.8 Å². The summed E-state index contributed by atoms with van der Waals surface area (Å²) in [5.74, 6) is 1.87. The van der Waals surface area contributed by atoms with Crippen LogP contribution >= 0.6 is 0 Å². The summed E-state index contributed by atoms with van der Waals surface area (Å²) in [6.45, 7) is 5.31. The number of hydrogen-bond donors (Lipinski definition) is 2. The predicted molar refractivity (Wildman–Crippen MR) is 113 cm³/mol. The van der Waals surface area contributed by atoms with E-state index in [2.05, 4.69) is 35.4 Å². The average Bonchev–Trinajstić information content (AvgIpc) is 3.21. The lowest BCUT2D eigenvalue weighted by Crippen LogP contribution is -2.41. The minimum Gasteiger partial charge on any atom is -0.496 e. The van der Waals surface area contributed by atoms with E-state index in [0.29, 0.717) is 24.1 Å². The Morgan fingerprint density at radius 1 is 1.20 bits per heavy atom. The predicted octanol–water partition coefficient (Wildman–Crippen LogP) is 2.74. The molecule has 4 rings (SSSR count). The fourth-order valence-electron chi connectivity index (χ4n) is 3.71. The molecule has 0 radical (unpaired) electrons. The van der Waals surface area contributed by atoms with Crippen molar-refractivity contribution in [1.82, 2.24) is 25.1 Å². The van der Waals surface area contributed by atoms with Crippen LogP contribution in [0.25, 0.3) is 11.4 Å². The molecule has 1 aromatic carbocycles. The smallest absolute Gasteiger partial charge is 0.249 e. The summed E-state index contributed by atoms with van der Waals surface area (Å²) in [4.78, 5) is 28.4. The molecule has 9 heteroatoms. The van der Waals surface area contributed by atoms with E-state index in [1.54, 1.807) is 7.11 Å². The van der Waals surface area contributed by atoms with Crippen molar-refractivity contribution in [2.45, 2.75) is 26.7 Å². The largest absolute Gasteiger partial charge is 0.496 e. The van der Waals surface area contributed by atoms with E-state index in [1.807, 2.05) is 44.2 Å². The zero-order valence-electron chi connectivity index (χ0n) is 17.3. The molecule has 30 heavy (non-hydrogen) atoms. The van der Waals surface area contributed by atoms with Gasteiger partial charge in [-0.3, -0.25) is 15.2 Å². The number of nitrogens with zero attached hydrogens (tertiary/aromatic N) is 5. The maximum atomic E-state index is 12.8. The van der Waals surface area contributed by atoms with Gasteiger partial charge in [0.1, 0.15) is 5.75 Å². The Balaban J connectivity index is 1.44. The third kappa shape index (κ3) is 4.24. The zero-order chi connectivity index (χ0) is 21.1. The van der Waals surface area contributed by atoms with Crippen LogP contribution in [0.2, 0.25) is 0 Å². The lowest BCUT2D eigenvalue weighted by Gasteiger charge is -2.32. The monoisotopic (exact) mass is 407 g/mol. The average molecular weight is 407 g/mol. The molecule has 3 heterocycles. The number of hydrogen-bond acceptors (Lipinski definition) is 7. The Morgan fingerprint density at radius 2 is 1.97 bits per heavy atom. The second kappa shape index (κ2) is 8.48. The van der Waals surface area contributed by atoms with E-state index in [9.17, 15) is 4.79 Å². The zero-order valence-corrected chi connectivity index (χ0v) is 17.3. The lowest BCUT2D eigenvalue weighted by molar-refractivity contribution is -0.120. The fourth-order valence-corrected chi connectivity index (χ4v) is 3.71. The number of carbonyl (C=O) groups is 1. The van der Waals surface area contributed by atoms with Crippen LogP contribution in [-0.4, -0.2) is 51.3 Å². The van der Waals surface area contributed by atoms with Gasteiger partial charge in [-0.2, -0.15) is 4.98 Å². The second-order valence-corrected chi connectivity index (χ2v) is 7.43. The van der Waals surface area contributed by atoms with Crippen LogP contribution in [-0.2, 0) is 4.79 Å². The molecule has 1 aliphatic heterocycles. The van der Waals surface area contributed by atoms with Crippen molar-refractivity contribution in [3.05, 3.63) is 41.7 Å². The van der Waals surface area contributed by atoms with Crippen molar-refractivity contribution in [1.29, 1.82) is 0 Å². The second-order valence-electron chi connectivity index (χ2n) is 7.43. The van der Waals surface area contributed by atoms with Gasteiger partial charge >= 0.3 is 0 Å². The number of rotatable bonds is 5. The molecule has 2 aromatic heterocycles. The number of nitrogens with one attached hydrogen (secondary N) is 2. The molecule has 3 aromatic rings. The number of aromatic amines is 1. The van der Waals surface area contributed by atoms with Crippen molar-refractivity contribution in [2.24, 2.45) is 5.92 Å². The molecular weight excluding hydrogens is 382 g/mol. The van der Waals surface area contributed by atoms with E-state index in [1.165, 1.54) is 0 Å². The number of aromatic nitrogens is 5. The van der Waals surface area contributed by atoms with Gasteiger partial charge in [-0.25, -0.2) is 9.97 Å². The number of carbonyl (C=O) groups excluding carboxylic acids is 1. The van der Waals surface area contributed by atoms with Crippen LogP contribution < -0.4 is 15.0 Å². The summed E-state index contributed by atoms with van der Waals surface area (Å²) in [7, 11) is 1.60. The molecule has 0 spiro atoms. The van der Waals surface area contributed by atoms with Crippen LogP contribution in [0.5, 0.6) is 5.75 Å². The van der Waals surface area contributed by atoms with Gasteiger partial charge in [-0.05, 0) is 44.9 Å². The molecule has 1 fully saturated rings. The van der Waals surface area contributed by atoms with Gasteiger partial charge in [0.25, 0.3) is 0 Å². The van der Waals surface area contributed by atoms with Gasteiger partial charge in [0.15, 0.2) is 5.82 Å². The first-order valence-electron chi connectivity index (χ1n) is 9.97. The number of amides is 1. The van der Waals surface area contributed by atoms with Gasteiger partial charge in [0.05, 0.1) is 18.6 Å². The minimum absolute atomic E-state index is 0.102. The summed E-state index contributed by atoms with van der Waals surface area (Å²) in [6, 6.07) is 9.45. The van der Waals surface area contributed by atoms with Crippen LogP contribution in [0.1, 0.15) is 24.2 Å². The standard InChI is InChI=1S/C21H25N7O2/c1-13-11-14(2)23-21(22-13)28-10-6-7-15(12-28)19(29)25-20-24-18(26-27-20)16-8-4-5-9-17(16)30-3/h4-5,8-9,11,15H,6-7,10,12H2,1-3H3,(H2,24,25,26,27,29). The number of anilines is 2. The minimum atomic E-state index is -0.184. The van der Waals surface area contributed by atoms with Crippen molar-refractivity contribution in [3.63, 3.8) is 0 Å². The fraction of sp³-hybridized carbons (Fsp3) is 0.381. The van der Waals surface area contributed by atoms with Gasteiger partial charge in [-0.15, -0.1) is 5.10 Å². The summed E-state index contributed by atoms with van der Waals surface area (Å²) in [6.07, 6.45) is 1.70. The highest BCUT2D eigenvalue weighted by molar-refractivity contribution is 5.91. The first kappa shape index (κ1) is 19.8. The molecule has 0 saturated carbocycles. The van der Waals surface area contributed by atoms with Gasteiger partial charge in [0, 0.05) is 24.5 Å². The van der Waals surface area contributed by atoms with Crippen molar-refractivity contribution in [3.8, 4) is 17.1 Å². The first-order chi connectivity index (χ1) is 14.5. The van der Waals surface area contributed by atoms with Gasteiger partial charge in [-0.1, -0.05) is 12.1 Å². The quantitative estimate of drug-likeness (QED) is 0.669. The van der Waals surface area contributed by atoms with Gasteiger partial charge < -0.3 is 9.64 Å². The number of benzene rings is 1. The van der Waals surface area contributed by atoms with Crippen LogP contribution in [0.4, 0.5) is 11.9 Å². The maximum Gasteiger partial charge on any atom is 0.249 e. The number of ether oxygens (including phenoxy) is 1. The Labute approximate surface area is 174 Å². The molecule has 1 atom stereocenters. The number of aryl methyl sites for hydroxylation is 2. The first-order valence-corrected chi connectivity index (χ1v) is 9.97. The van der Waals surface area contributed by atoms with Crippen molar-refractivity contribution < 1.29 is 9.53 Å². The number of piperidine rings is 1. The maximum absolute atomic E-state index is 12.8. The molecule has 1 unspecified atom stereocenters. The molecule has 156 valence electrons. The highest BCUT2D eigenvalue weighted by Gasteiger charge is 2.28. The van der Waals surface area contributed by atoms with Crippen LogP contribution in [0.3, 0.4) is 0 Å². The Bertz CT molecular complexity index is 1030. The van der Waals surface area contributed by atoms with E-state index in [0.717, 1.165) is 36.3 Å². The SMILES string of the molecule is COc1ccccc1-c1nc(NC(=O)C2CCCN(c3nc(C)cc(C)n3)C2)n[nH]1. The Kier molecular flexibility index (Phi) is 5.60. The summed E-state index contributed by atoms with van der Waals surface area (Å²) in [5, 5.41) is 9.84. The number of methoxy groups -OCH3 is 1. The van der Waals surface area contributed by atoms with E-state index in [-0.39, 0.29) is 17.8 Å². The Hall–Kier alpha value is -3.49. The number of para-hydroxylation sites is 1. The molecular formula is C21H25N7O2. The van der Waals surface area contributed by atoms with E-state index < -0.39 is 0 Å². The summed E-state index contributed by atoms with van der Waals surface area (Å²) < 4.78 is 5.36. The third-order valence-electron chi connectivity index (χ3n) is 5.13. The van der Waals surface area contributed by atoms with Gasteiger partial charge in [0.2, 0.25) is 17.8 Å². The summed E-state index contributed by atoms with van der Waals surface area (Å²) in [5.41, 5.74) is 2.63. The highest BCUT2D eigenvalue weighted by atomic mass is 16.5. The highest BCUT2D eigenvalue weighted by Crippen LogP contribution is 2.27. The van der Waals surface area contributed by atoms with Crippen molar-refractivity contribution in [2.75, 3.05) is 30.4 Å². The molecule has 1 saturated heterocycles. The molecule has 9 nitrogen and oxygen atoms in total. The molecule has 0 aliphatic carbocycles. The van der Waals surface area contributed by atoms with Crippen LogP contribution in [0.15, 0.2) is 30.3 Å². The molecule has 0 bridgehead atoms. The number of H-pyrrole nitrogens is 1. The molecule has 1 aliphatic rings. The lowest BCUT2D eigenvalue weighted by atomic mass is 9.97. The van der Waals surface area contributed by atoms with E-state index >= 15 is 0 Å². The normalized spacial score (nSPS) is 16.4. The molecule has 1 amide bonds. The van der Waals surface area contributed by atoms with Crippen molar-refractivity contribution >= 4 is 17.8 Å². The third-order valence-corrected chi connectivity index (χ3v) is 5.13. The topological polar surface area (TPSA) is 109 Å². The van der Waals surface area contributed by atoms with E-state index in [4.69, 9.17) is 4.74 Å². The summed E-state index contributed by atoms with van der Waals surface area (Å²) >= 11 is 0.